The van der Waals surface area contributed by atoms with E-state index in [1.54, 1.807) is 0 Å². The van der Waals surface area contributed by atoms with Crippen molar-refractivity contribution >= 4 is 39.7 Å². The fourth-order valence-corrected chi connectivity index (χ4v) is 2.83. The zero-order valence-corrected chi connectivity index (χ0v) is 14.9. The van der Waals surface area contributed by atoms with Crippen molar-refractivity contribution in [1.82, 2.24) is 0 Å². The number of rotatable bonds is 2. The highest BCUT2D eigenvalue weighted by Gasteiger charge is 2.34. The first-order valence-electron chi connectivity index (χ1n) is 7.84. The number of hydrogen-bond donors (Lipinski definition) is 2. The largest absolute Gasteiger partial charge is 0.423 e. The average Bonchev–Trinajstić information content (AvgIpc) is 2.59. The van der Waals surface area contributed by atoms with Gasteiger partial charge >= 0.3 is 18.0 Å². The summed E-state index contributed by atoms with van der Waals surface area (Å²) in [7, 11) is 0. The molecule has 0 saturated heterocycles. The number of benzene rings is 2. The Bertz CT molecular complexity index is 1140. The molecule has 152 valence electrons. The molecular formula is C18H10F6N2O2S. The first-order chi connectivity index (χ1) is 13.4. The van der Waals surface area contributed by atoms with Crippen LogP contribution in [0.1, 0.15) is 11.1 Å². The maximum atomic E-state index is 13.1. The Hall–Kier alpha value is -3.08. The molecule has 4 nitrogen and oxygen atoms in total. The quantitative estimate of drug-likeness (QED) is 0.312. The van der Waals surface area contributed by atoms with Gasteiger partial charge in [-0.05, 0) is 36.5 Å². The van der Waals surface area contributed by atoms with Crippen LogP contribution in [0.2, 0.25) is 0 Å². The van der Waals surface area contributed by atoms with E-state index in [1.165, 1.54) is 24.3 Å². The summed E-state index contributed by atoms with van der Waals surface area (Å²) < 4.78 is 83.1. The second kappa shape index (κ2) is 7.39. The zero-order valence-electron chi connectivity index (χ0n) is 14.1. The first kappa shape index (κ1) is 20.6. The van der Waals surface area contributed by atoms with E-state index in [2.05, 4.69) is 10.6 Å². The summed E-state index contributed by atoms with van der Waals surface area (Å²) in [6.45, 7) is 0. The van der Waals surface area contributed by atoms with Gasteiger partial charge in [-0.25, -0.2) is 4.79 Å². The van der Waals surface area contributed by atoms with Gasteiger partial charge in [0, 0.05) is 23.2 Å². The second-order valence-electron chi connectivity index (χ2n) is 5.81. The maximum absolute atomic E-state index is 13.1. The predicted molar refractivity (Wildman–Crippen MR) is 98.8 cm³/mol. The lowest BCUT2D eigenvalue weighted by Gasteiger charge is -2.16. The molecule has 0 fully saturated rings. The number of halogens is 6. The topological polar surface area (TPSA) is 54.3 Å². The van der Waals surface area contributed by atoms with Gasteiger partial charge in [0.15, 0.2) is 5.11 Å². The van der Waals surface area contributed by atoms with E-state index >= 15 is 0 Å². The van der Waals surface area contributed by atoms with Gasteiger partial charge in [0.25, 0.3) is 0 Å². The van der Waals surface area contributed by atoms with E-state index in [-0.39, 0.29) is 27.5 Å². The molecule has 1 heterocycles. The highest BCUT2D eigenvalue weighted by Crippen LogP contribution is 2.36. The van der Waals surface area contributed by atoms with Crippen molar-refractivity contribution < 1.29 is 30.8 Å². The molecule has 1 aromatic heterocycles. The van der Waals surface area contributed by atoms with Crippen molar-refractivity contribution in [3.63, 3.8) is 0 Å². The lowest BCUT2D eigenvalue weighted by atomic mass is 10.1. The maximum Gasteiger partial charge on any atom is 0.418 e. The predicted octanol–water partition coefficient (Wildman–Crippen LogP) is 5.64. The number of thiocarbonyl (C=S) groups is 1. The van der Waals surface area contributed by atoms with E-state index in [9.17, 15) is 31.1 Å². The van der Waals surface area contributed by atoms with Crippen molar-refractivity contribution in [2.24, 2.45) is 0 Å². The lowest BCUT2D eigenvalue weighted by molar-refractivity contribution is -0.137. The molecule has 0 spiro atoms. The van der Waals surface area contributed by atoms with Crippen LogP contribution in [0.5, 0.6) is 0 Å². The van der Waals surface area contributed by atoms with E-state index in [4.69, 9.17) is 16.6 Å². The molecule has 2 N–H and O–H groups in total. The van der Waals surface area contributed by atoms with Gasteiger partial charge in [0.2, 0.25) is 0 Å². The van der Waals surface area contributed by atoms with Gasteiger partial charge in [-0.1, -0.05) is 12.1 Å². The van der Waals surface area contributed by atoms with Crippen LogP contribution in [0.3, 0.4) is 0 Å². The first-order valence-corrected chi connectivity index (χ1v) is 8.25. The Balaban J connectivity index is 1.88. The van der Waals surface area contributed by atoms with Crippen LogP contribution in [0.15, 0.2) is 57.7 Å². The zero-order chi connectivity index (χ0) is 21.4. The van der Waals surface area contributed by atoms with Crippen LogP contribution in [0.25, 0.3) is 11.0 Å². The van der Waals surface area contributed by atoms with Crippen LogP contribution in [-0.4, -0.2) is 5.11 Å². The molecule has 0 aliphatic rings. The molecule has 0 radical (unpaired) electrons. The highest BCUT2D eigenvalue weighted by atomic mass is 32.1. The smallest absolute Gasteiger partial charge is 0.418 e. The SMILES string of the molecule is O=c1cc(C(F)(F)F)c2ccc(NC(=S)Nc3ccccc3C(F)(F)F)cc2o1. The van der Waals surface area contributed by atoms with Gasteiger partial charge in [0.05, 0.1) is 16.8 Å². The summed E-state index contributed by atoms with van der Waals surface area (Å²) in [6.07, 6.45) is -9.37. The summed E-state index contributed by atoms with van der Waals surface area (Å²) >= 11 is 4.97. The third kappa shape index (κ3) is 4.67. The van der Waals surface area contributed by atoms with E-state index in [0.717, 1.165) is 18.2 Å². The Morgan fingerprint density at radius 1 is 0.862 bits per heavy atom. The number of anilines is 2. The molecule has 29 heavy (non-hydrogen) atoms. The van der Waals surface area contributed by atoms with Crippen LogP contribution < -0.4 is 16.3 Å². The summed E-state index contributed by atoms with van der Waals surface area (Å²) in [5, 5.41) is 4.35. The van der Waals surface area contributed by atoms with Gasteiger partial charge in [-0.3, -0.25) is 0 Å². The minimum Gasteiger partial charge on any atom is -0.423 e. The summed E-state index contributed by atoms with van der Waals surface area (Å²) in [5.41, 5.74) is -3.83. The molecule has 0 unspecified atom stereocenters. The Morgan fingerprint density at radius 2 is 1.52 bits per heavy atom. The fourth-order valence-electron chi connectivity index (χ4n) is 2.60. The van der Waals surface area contributed by atoms with Crippen LogP contribution >= 0.6 is 12.2 Å². The Labute approximate surface area is 164 Å². The molecule has 0 amide bonds. The third-order valence-corrected chi connectivity index (χ3v) is 3.99. The van der Waals surface area contributed by atoms with Crippen molar-refractivity contribution in [3.05, 3.63) is 70.1 Å². The number of hydrogen-bond acceptors (Lipinski definition) is 3. The van der Waals surface area contributed by atoms with Crippen LogP contribution in [0.4, 0.5) is 37.7 Å². The van der Waals surface area contributed by atoms with Crippen molar-refractivity contribution in [3.8, 4) is 0 Å². The molecule has 0 bridgehead atoms. The standard InChI is InChI=1S/C18H10F6N2O2S/c19-17(20,21)11-3-1-2-4-13(11)26-16(29)25-9-5-6-10-12(18(22,23)24)8-15(27)28-14(10)7-9/h1-8H,(H2,25,26,29). The summed E-state index contributed by atoms with van der Waals surface area (Å²) in [6, 6.07) is 8.36. The minimum atomic E-state index is -4.76. The van der Waals surface area contributed by atoms with Crippen molar-refractivity contribution in [2.75, 3.05) is 10.6 Å². The highest BCUT2D eigenvalue weighted by molar-refractivity contribution is 7.80. The van der Waals surface area contributed by atoms with Crippen LogP contribution in [0, 0.1) is 0 Å². The molecule has 3 rings (SSSR count). The molecule has 0 atom stereocenters. The fraction of sp³-hybridized carbons (Fsp3) is 0.111. The number of alkyl halides is 6. The van der Waals surface area contributed by atoms with E-state index in [0.29, 0.717) is 6.07 Å². The van der Waals surface area contributed by atoms with Gasteiger partial charge in [-0.2, -0.15) is 26.3 Å². The summed E-state index contributed by atoms with van der Waals surface area (Å²) in [5.74, 6) is 0. The van der Waals surface area contributed by atoms with Crippen molar-refractivity contribution in [2.45, 2.75) is 12.4 Å². The molecule has 3 aromatic rings. The van der Waals surface area contributed by atoms with Gasteiger partial charge < -0.3 is 15.1 Å². The molecule has 2 aromatic carbocycles. The Kier molecular flexibility index (Phi) is 5.26. The molecule has 11 heteroatoms. The van der Waals surface area contributed by atoms with Crippen LogP contribution in [-0.2, 0) is 12.4 Å². The second-order valence-corrected chi connectivity index (χ2v) is 6.22. The number of nitrogens with one attached hydrogen (secondary N) is 2. The van der Waals surface area contributed by atoms with Gasteiger partial charge in [0.1, 0.15) is 5.58 Å². The van der Waals surface area contributed by atoms with E-state index < -0.39 is 29.1 Å². The van der Waals surface area contributed by atoms with E-state index in [1.807, 2.05) is 0 Å². The molecular weight excluding hydrogens is 422 g/mol. The molecule has 0 saturated carbocycles. The van der Waals surface area contributed by atoms with Crippen molar-refractivity contribution in [1.29, 1.82) is 0 Å². The minimum absolute atomic E-state index is 0.113. The Morgan fingerprint density at radius 3 is 2.17 bits per heavy atom. The average molecular weight is 432 g/mol. The van der Waals surface area contributed by atoms with Gasteiger partial charge in [-0.15, -0.1) is 0 Å². The lowest BCUT2D eigenvalue weighted by Crippen LogP contribution is -2.21. The monoisotopic (exact) mass is 432 g/mol. The molecule has 0 aliphatic carbocycles. The summed E-state index contributed by atoms with van der Waals surface area (Å²) in [4.78, 5) is 11.4. The number of para-hydroxylation sites is 1. The molecule has 0 aliphatic heterocycles. The normalized spacial score (nSPS) is 12.1. The number of fused-ring (bicyclic) bond motifs is 1. The third-order valence-electron chi connectivity index (χ3n) is 3.79.